The average molecular weight is 346 g/mol. The summed E-state index contributed by atoms with van der Waals surface area (Å²) in [6.45, 7) is 6.13. The Morgan fingerprint density at radius 1 is 1.21 bits per heavy atom. The molecule has 6 heteroatoms. The number of benzene rings is 1. The van der Waals surface area contributed by atoms with Crippen molar-refractivity contribution in [3.05, 3.63) is 29.1 Å². The molecule has 0 N–H and O–H groups in total. The van der Waals surface area contributed by atoms with Crippen LogP contribution in [-0.2, 0) is 4.74 Å². The molecule has 0 heterocycles. The van der Waals surface area contributed by atoms with Crippen LogP contribution in [0.25, 0.3) is 0 Å². The van der Waals surface area contributed by atoms with Crippen LogP contribution in [0.5, 0.6) is 5.75 Å². The first kappa shape index (κ1) is 20.3. The molecule has 1 rings (SSSR count). The summed E-state index contributed by atoms with van der Waals surface area (Å²) < 4.78 is 50.3. The largest absolute Gasteiger partial charge is 0.491 e. The van der Waals surface area contributed by atoms with Crippen LogP contribution in [-0.4, -0.2) is 19.2 Å². The van der Waals surface area contributed by atoms with Crippen LogP contribution in [0.2, 0.25) is 0 Å². The van der Waals surface area contributed by atoms with E-state index in [1.165, 1.54) is 6.07 Å². The zero-order valence-electron chi connectivity index (χ0n) is 14.4. The summed E-state index contributed by atoms with van der Waals surface area (Å²) >= 11 is 0. The first-order valence-corrected chi connectivity index (χ1v) is 8.32. The number of esters is 1. The Hall–Kier alpha value is -1.72. The number of hydrogen-bond donors (Lipinski definition) is 0. The number of halogens is 3. The second-order valence-electron chi connectivity index (χ2n) is 5.72. The fourth-order valence-corrected chi connectivity index (χ4v) is 2.27. The highest BCUT2D eigenvalue weighted by Gasteiger charge is 2.26. The molecule has 1 unspecified atom stereocenters. The van der Waals surface area contributed by atoms with Gasteiger partial charge in [-0.25, -0.2) is 18.0 Å². The molecule has 0 bridgehead atoms. The Bertz CT molecular complexity index is 532. The van der Waals surface area contributed by atoms with Crippen LogP contribution in [0.1, 0.15) is 68.8 Å². The van der Waals surface area contributed by atoms with E-state index in [1.807, 2.05) is 0 Å². The molecule has 1 atom stereocenters. The molecule has 0 aliphatic rings. The van der Waals surface area contributed by atoms with Crippen molar-refractivity contribution in [2.24, 2.45) is 5.92 Å². The molecule has 0 aliphatic carbocycles. The van der Waals surface area contributed by atoms with Gasteiger partial charge in [0.25, 0.3) is 6.43 Å². The third-order valence-corrected chi connectivity index (χ3v) is 3.90. The van der Waals surface area contributed by atoms with Gasteiger partial charge in [0.15, 0.2) is 11.6 Å². The summed E-state index contributed by atoms with van der Waals surface area (Å²) in [6.07, 6.45) is 0.525. The van der Waals surface area contributed by atoms with Gasteiger partial charge in [0.1, 0.15) is 0 Å². The smallest absolute Gasteiger partial charge is 0.338 e. The van der Waals surface area contributed by atoms with E-state index in [0.717, 1.165) is 25.3 Å². The molecule has 0 amide bonds. The van der Waals surface area contributed by atoms with Crippen molar-refractivity contribution in [1.82, 2.24) is 0 Å². The van der Waals surface area contributed by atoms with Crippen molar-refractivity contribution >= 4 is 5.97 Å². The molecule has 0 saturated heterocycles. The van der Waals surface area contributed by atoms with Crippen molar-refractivity contribution in [1.29, 1.82) is 0 Å². The highest BCUT2D eigenvalue weighted by atomic mass is 19.3. The molecule has 3 nitrogen and oxygen atoms in total. The van der Waals surface area contributed by atoms with Crippen LogP contribution >= 0.6 is 0 Å². The molecule has 0 radical (unpaired) electrons. The van der Waals surface area contributed by atoms with E-state index < -0.39 is 29.3 Å². The zero-order valence-corrected chi connectivity index (χ0v) is 14.4. The van der Waals surface area contributed by atoms with E-state index in [1.54, 1.807) is 6.92 Å². The van der Waals surface area contributed by atoms with Crippen molar-refractivity contribution in [3.63, 3.8) is 0 Å². The minimum Gasteiger partial charge on any atom is -0.491 e. The summed E-state index contributed by atoms with van der Waals surface area (Å²) in [7, 11) is 0. The Kier molecular flexibility index (Phi) is 8.65. The fourth-order valence-electron chi connectivity index (χ4n) is 2.27. The first-order chi connectivity index (χ1) is 11.4. The van der Waals surface area contributed by atoms with Crippen LogP contribution in [0.4, 0.5) is 13.2 Å². The lowest BCUT2D eigenvalue weighted by Gasteiger charge is -2.13. The van der Waals surface area contributed by atoms with E-state index in [9.17, 15) is 18.0 Å². The van der Waals surface area contributed by atoms with Gasteiger partial charge in [-0.2, -0.15) is 0 Å². The summed E-state index contributed by atoms with van der Waals surface area (Å²) in [6, 6.07) is 2.29. The van der Waals surface area contributed by atoms with Gasteiger partial charge in [0.05, 0.1) is 24.3 Å². The third kappa shape index (κ3) is 5.73. The summed E-state index contributed by atoms with van der Waals surface area (Å²) in [4.78, 5) is 12.0. The monoisotopic (exact) mass is 346 g/mol. The van der Waals surface area contributed by atoms with Crippen molar-refractivity contribution < 1.29 is 27.4 Å². The van der Waals surface area contributed by atoms with Crippen LogP contribution < -0.4 is 4.74 Å². The van der Waals surface area contributed by atoms with Crippen LogP contribution in [0, 0.1) is 11.7 Å². The number of ether oxygens (including phenoxy) is 2. The quantitative estimate of drug-likeness (QED) is 0.412. The Morgan fingerprint density at radius 2 is 1.92 bits per heavy atom. The lowest BCUT2D eigenvalue weighted by atomic mass is 10.0. The lowest BCUT2D eigenvalue weighted by molar-refractivity contribution is 0.0484. The van der Waals surface area contributed by atoms with E-state index in [2.05, 4.69) is 13.8 Å². The maximum atomic E-state index is 14.1. The Morgan fingerprint density at radius 3 is 2.50 bits per heavy atom. The fraction of sp³-hybridized carbons (Fsp3) is 0.611. The lowest BCUT2D eigenvalue weighted by Crippen LogP contribution is -2.12. The highest BCUT2D eigenvalue weighted by molar-refractivity contribution is 5.91. The molecular weight excluding hydrogens is 321 g/mol. The van der Waals surface area contributed by atoms with E-state index >= 15 is 0 Å². The zero-order chi connectivity index (χ0) is 18.1. The molecular formula is C18H25F3O3. The van der Waals surface area contributed by atoms with Crippen molar-refractivity contribution in [2.45, 2.75) is 52.9 Å². The highest BCUT2D eigenvalue weighted by Crippen LogP contribution is 2.32. The van der Waals surface area contributed by atoms with Gasteiger partial charge in [-0.3, -0.25) is 0 Å². The number of rotatable bonds is 10. The summed E-state index contributed by atoms with van der Waals surface area (Å²) in [5.41, 5.74) is -1.42. The van der Waals surface area contributed by atoms with E-state index in [0.29, 0.717) is 12.3 Å². The molecule has 136 valence electrons. The molecule has 0 saturated carbocycles. The van der Waals surface area contributed by atoms with E-state index in [-0.39, 0.29) is 19.0 Å². The molecule has 1 aromatic carbocycles. The number of carbonyl (C=O) groups excluding carboxylic acids is 1. The second-order valence-corrected chi connectivity index (χ2v) is 5.72. The standard InChI is InChI=1S/C18H25F3O3/c1-4-12(3)8-6-7-11-24-18(22)13-9-10-14(23-5-2)16(19)15(13)17(20)21/h9-10,12,17H,4-8,11H2,1-3H3. The van der Waals surface area contributed by atoms with Crippen molar-refractivity contribution in [3.8, 4) is 5.75 Å². The number of unbranched alkanes of at least 4 members (excludes halogenated alkanes) is 1. The number of alkyl halides is 2. The number of carbonyl (C=O) groups is 1. The maximum Gasteiger partial charge on any atom is 0.338 e. The molecule has 1 aromatic rings. The van der Waals surface area contributed by atoms with Crippen molar-refractivity contribution in [2.75, 3.05) is 13.2 Å². The Labute approximate surface area is 141 Å². The molecule has 0 spiro atoms. The first-order valence-electron chi connectivity index (χ1n) is 8.32. The van der Waals surface area contributed by atoms with Gasteiger partial charge in [-0.15, -0.1) is 0 Å². The normalized spacial score (nSPS) is 12.3. The summed E-state index contributed by atoms with van der Waals surface area (Å²) in [5, 5.41) is 0. The molecule has 24 heavy (non-hydrogen) atoms. The third-order valence-electron chi connectivity index (χ3n) is 3.90. The predicted octanol–water partition coefficient (Wildman–Crippen LogP) is 5.54. The SMILES string of the molecule is CCOc1ccc(C(=O)OCCCCC(C)CC)c(C(F)F)c1F. The van der Waals surface area contributed by atoms with Gasteiger partial charge < -0.3 is 9.47 Å². The van der Waals surface area contributed by atoms with E-state index in [4.69, 9.17) is 9.47 Å². The van der Waals surface area contributed by atoms with Crippen LogP contribution in [0.3, 0.4) is 0 Å². The van der Waals surface area contributed by atoms with Gasteiger partial charge in [0, 0.05) is 0 Å². The van der Waals surface area contributed by atoms with Gasteiger partial charge in [-0.1, -0.05) is 26.7 Å². The molecule has 0 fully saturated rings. The Balaban J connectivity index is 2.71. The minimum atomic E-state index is -3.13. The predicted molar refractivity (Wildman–Crippen MR) is 86.1 cm³/mol. The minimum absolute atomic E-state index is 0.132. The molecule has 0 aromatic heterocycles. The number of hydrogen-bond acceptors (Lipinski definition) is 3. The second kappa shape index (κ2) is 10.2. The molecule has 0 aliphatic heterocycles. The van der Waals surface area contributed by atoms with Gasteiger partial charge in [0.2, 0.25) is 0 Å². The average Bonchev–Trinajstić information content (AvgIpc) is 2.55. The maximum absolute atomic E-state index is 14.1. The van der Waals surface area contributed by atoms with Crippen LogP contribution in [0.15, 0.2) is 12.1 Å². The van der Waals surface area contributed by atoms with Gasteiger partial charge >= 0.3 is 5.97 Å². The topological polar surface area (TPSA) is 35.5 Å². The van der Waals surface area contributed by atoms with Gasteiger partial charge in [-0.05, 0) is 37.8 Å². The summed E-state index contributed by atoms with van der Waals surface area (Å²) in [5.74, 6) is -1.84.